The molecule has 0 bridgehead atoms. The molecule has 1 aliphatic heterocycles. The van der Waals surface area contributed by atoms with Crippen molar-refractivity contribution in [2.75, 3.05) is 7.11 Å². The fourth-order valence-corrected chi connectivity index (χ4v) is 2.35. The second kappa shape index (κ2) is 6.05. The first kappa shape index (κ1) is 13.2. The first-order chi connectivity index (χ1) is 8.69. The Labute approximate surface area is 110 Å². The molecule has 2 rings (SSSR count). The number of hydrogen-bond donors (Lipinski definition) is 0. The summed E-state index contributed by atoms with van der Waals surface area (Å²) in [6.45, 7) is 4.35. The molecule has 0 spiro atoms. The molecule has 0 aromatic heterocycles. The Morgan fingerprint density at radius 2 is 1.94 bits per heavy atom. The zero-order chi connectivity index (χ0) is 13.0. The third-order valence-electron chi connectivity index (χ3n) is 3.46. The molecule has 0 aliphatic carbocycles. The van der Waals surface area contributed by atoms with Gasteiger partial charge in [-0.2, -0.15) is 0 Å². The van der Waals surface area contributed by atoms with Crippen molar-refractivity contribution in [2.45, 2.75) is 45.3 Å². The summed E-state index contributed by atoms with van der Waals surface area (Å²) in [7, 11) is 1.69. The van der Waals surface area contributed by atoms with Gasteiger partial charge in [-0.05, 0) is 50.8 Å². The molecule has 0 saturated carbocycles. The van der Waals surface area contributed by atoms with Gasteiger partial charge in [0.15, 0.2) is 0 Å². The summed E-state index contributed by atoms with van der Waals surface area (Å²) in [6.07, 6.45) is 6.04. The van der Waals surface area contributed by atoms with E-state index in [0.717, 1.165) is 25.0 Å². The lowest BCUT2D eigenvalue weighted by Gasteiger charge is -2.25. The third-order valence-corrected chi connectivity index (χ3v) is 3.46. The number of rotatable bonds is 2. The van der Waals surface area contributed by atoms with Gasteiger partial charge in [-0.15, -0.1) is 0 Å². The first-order valence-corrected chi connectivity index (χ1v) is 6.64. The van der Waals surface area contributed by atoms with Gasteiger partial charge < -0.3 is 9.47 Å². The Balaban J connectivity index is 2.17. The highest BCUT2D eigenvalue weighted by atomic mass is 16.5. The zero-order valence-electron chi connectivity index (χ0n) is 11.5. The molecule has 1 aromatic rings. The number of ether oxygens (including phenoxy) is 2. The maximum Gasteiger partial charge on any atom is 0.118 e. The third kappa shape index (κ3) is 3.36. The average Bonchev–Trinajstić information content (AvgIpc) is 2.36. The fourth-order valence-electron chi connectivity index (χ4n) is 2.35. The molecule has 0 saturated heterocycles. The maximum atomic E-state index is 6.14. The van der Waals surface area contributed by atoms with E-state index in [9.17, 15) is 0 Å². The second-order valence-corrected chi connectivity index (χ2v) is 5.04. The monoisotopic (exact) mass is 246 g/mol. The molecular weight excluding hydrogens is 224 g/mol. The largest absolute Gasteiger partial charge is 0.497 e. The first-order valence-electron chi connectivity index (χ1n) is 6.64. The molecule has 0 radical (unpaired) electrons. The van der Waals surface area contributed by atoms with Crippen LogP contribution in [-0.2, 0) is 4.74 Å². The number of hydrogen-bond acceptors (Lipinski definition) is 2. The fraction of sp³-hybridized carbons (Fsp3) is 0.500. The summed E-state index contributed by atoms with van der Waals surface area (Å²) in [5.74, 6) is 0.893. The van der Waals surface area contributed by atoms with Gasteiger partial charge in [0.25, 0.3) is 0 Å². The molecule has 98 valence electrons. The van der Waals surface area contributed by atoms with Crippen molar-refractivity contribution >= 4 is 0 Å². The van der Waals surface area contributed by atoms with E-state index in [0.29, 0.717) is 6.10 Å². The highest BCUT2D eigenvalue weighted by Gasteiger charge is 2.18. The van der Waals surface area contributed by atoms with Crippen LogP contribution in [-0.4, -0.2) is 13.2 Å². The van der Waals surface area contributed by atoms with Crippen LogP contribution >= 0.6 is 0 Å². The molecule has 1 aromatic carbocycles. The van der Waals surface area contributed by atoms with Gasteiger partial charge in [0.1, 0.15) is 5.75 Å². The smallest absolute Gasteiger partial charge is 0.118 e. The molecule has 0 unspecified atom stereocenters. The molecule has 0 amide bonds. The Morgan fingerprint density at radius 3 is 2.61 bits per heavy atom. The minimum atomic E-state index is 0.169. The molecule has 1 aliphatic rings. The van der Waals surface area contributed by atoms with Crippen molar-refractivity contribution in [1.82, 2.24) is 0 Å². The lowest BCUT2D eigenvalue weighted by Crippen LogP contribution is -2.15. The molecule has 1 heterocycles. The Morgan fingerprint density at radius 1 is 1.22 bits per heavy atom. The summed E-state index contributed by atoms with van der Waals surface area (Å²) < 4.78 is 11.3. The number of benzene rings is 1. The van der Waals surface area contributed by atoms with Gasteiger partial charge >= 0.3 is 0 Å². The maximum absolute atomic E-state index is 6.14. The summed E-state index contributed by atoms with van der Waals surface area (Å²) >= 11 is 0. The average molecular weight is 246 g/mol. The minimum Gasteiger partial charge on any atom is -0.497 e. The lowest BCUT2D eigenvalue weighted by molar-refractivity contribution is -0.00901. The summed E-state index contributed by atoms with van der Waals surface area (Å²) in [5.41, 5.74) is 2.65. The van der Waals surface area contributed by atoms with Gasteiger partial charge in [-0.1, -0.05) is 23.8 Å². The number of methoxy groups -OCH3 is 1. The quantitative estimate of drug-likeness (QED) is 0.725. The molecule has 2 atom stereocenters. The van der Waals surface area contributed by atoms with E-state index in [-0.39, 0.29) is 6.10 Å². The van der Waals surface area contributed by atoms with Crippen molar-refractivity contribution in [3.05, 3.63) is 41.5 Å². The normalized spacial score (nSPS) is 27.8. The molecule has 0 fully saturated rings. The Bertz CT molecular complexity index is 406. The van der Waals surface area contributed by atoms with Crippen LogP contribution in [0, 0.1) is 0 Å². The van der Waals surface area contributed by atoms with E-state index < -0.39 is 0 Å². The van der Waals surface area contributed by atoms with E-state index in [1.54, 1.807) is 7.11 Å². The Kier molecular flexibility index (Phi) is 4.43. The zero-order valence-corrected chi connectivity index (χ0v) is 11.5. The topological polar surface area (TPSA) is 18.5 Å². The molecular formula is C16H22O2. The van der Waals surface area contributed by atoms with Crippen molar-refractivity contribution in [2.24, 2.45) is 0 Å². The van der Waals surface area contributed by atoms with Crippen LogP contribution in [0.1, 0.15) is 44.8 Å². The summed E-state index contributed by atoms with van der Waals surface area (Å²) in [4.78, 5) is 0. The predicted octanol–water partition coefficient (Wildman–Crippen LogP) is 4.27. The van der Waals surface area contributed by atoms with Crippen molar-refractivity contribution in [3.8, 4) is 5.75 Å². The van der Waals surface area contributed by atoms with Crippen LogP contribution in [0.3, 0.4) is 0 Å². The van der Waals surface area contributed by atoms with Crippen LogP contribution in [0.25, 0.3) is 0 Å². The molecule has 2 nitrogen and oxygen atoms in total. The van der Waals surface area contributed by atoms with Crippen molar-refractivity contribution in [1.29, 1.82) is 0 Å². The molecule has 0 N–H and O–H groups in total. The SMILES string of the molecule is COc1ccc([C@@H]2C/C(C)=C\CC[C@H](C)O2)cc1. The van der Waals surface area contributed by atoms with Crippen LogP contribution in [0.2, 0.25) is 0 Å². The van der Waals surface area contributed by atoms with Crippen LogP contribution in [0.4, 0.5) is 0 Å². The summed E-state index contributed by atoms with van der Waals surface area (Å²) in [5, 5.41) is 0. The van der Waals surface area contributed by atoms with Crippen LogP contribution in [0.5, 0.6) is 5.75 Å². The van der Waals surface area contributed by atoms with Gasteiger partial charge in [-0.25, -0.2) is 0 Å². The van der Waals surface area contributed by atoms with E-state index in [1.807, 2.05) is 12.1 Å². The number of allylic oxidation sites excluding steroid dienone is 1. The predicted molar refractivity (Wildman–Crippen MR) is 73.9 cm³/mol. The van der Waals surface area contributed by atoms with Gasteiger partial charge in [-0.3, -0.25) is 0 Å². The van der Waals surface area contributed by atoms with E-state index in [2.05, 4.69) is 32.1 Å². The highest BCUT2D eigenvalue weighted by molar-refractivity contribution is 5.29. The minimum absolute atomic E-state index is 0.169. The van der Waals surface area contributed by atoms with Gasteiger partial charge in [0, 0.05) is 0 Å². The second-order valence-electron chi connectivity index (χ2n) is 5.04. The van der Waals surface area contributed by atoms with Crippen molar-refractivity contribution in [3.63, 3.8) is 0 Å². The van der Waals surface area contributed by atoms with Crippen molar-refractivity contribution < 1.29 is 9.47 Å². The van der Waals surface area contributed by atoms with Gasteiger partial charge in [0.05, 0.1) is 19.3 Å². The Hall–Kier alpha value is -1.28. The van der Waals surface area contributed by atoms with E-state index in [1.165, 1.54) is 11.1 Å². The van der Waals surface area contributed by atoms with E-state index in [4.69, 9.17) is 9.47 Å². The highest BCUT2D eigenvalue weighted by Crippen LogP contribution is 2.30. The van der Waals surface area contributed by atoms with E-state index >= 15 is 0 Å². The molecule has 18 heavy (non-hydrogen) atoms. The van der Waals surface area contributed by atoms with Crippen LogP contribution in [0.15, 0.2) is 35.9 Å². The van der Waals surface area contributed by atoms with Crippen LogP contribution < -0.4 is 4.74 Å². The van der Waals surface area contributed by atoms with Gasteiger partial charge in [0.2, 0.25) is 0 Å². The molecule has 2 heteroatoms. The summed E-state index contributed by atoms with van der Waals surface area (Å²) in [6, 6.07) is 8.21. The standard InChI is InChI=1S/C16H22O2/c1-12-5-4-6-13(2)18-16(11-12)14-7-9-15(17-3)10-8-14/h5,7-10,13,16H,4,6,11H2,1-3H3/b12-5-/t13-,16-/m0/s1. The lowest BCUT2D eigenvalue weighted by atomic mass is 9.99.